The average Bonchev–Trinajstić information content (AvgIpc) is 2.54. The van der Waals surface area contributed by atoms with Gasteiger partial charge in [-0.1, -0.05) is 11.8 Å². The number of aromatic amines is 1. The maximum absolute atomic E-state index is 10.8. The number of aromatic nitrogens is 1. The first-order valence-electron chi connectivity index (χ1n) is 4.11. The predicted octanol–water partition coefficient (Wildman–Crippen LogP) is 0.431. The van der Waals surface area contributed by atoms with Gasteiger partial charge in [0, 0.05) is 5.56 Å². The molecule has 1 heterocycles. The van der Waals surface area contributed by atoms with Crippen LogP contribution in [0.25, 0.3) is 11.1 Å². The Kier molecular flexibility index (Phi) is 2.09. The zero-order chi connectivity index (χ0) is 9.97. The van der Waals surface area contributed by atoms with Crippen molar-refractivity contribution in [2.45, 2.75) is 0 Å². The molecule has 0 aliphatic rings. The Balaban J connectivity index is 2.55. The number of nitrogens with one attached hydrogen (secondary N) is 1. The average molecular weight is 188 g/mol. The van der Waals surface area contributed by atoms with E-state index in [0.717, 1.165) is 5.56 Å². The SMILES string of the molecule is NCC#Cc1ccc2[nH]c(=O)oc2c1. The molecule has 0 saturated heterocycles. The van der Waals surface area contributed by atoms with E-state index in [9.17, 15) is 4.79 Å². The summed E-state index contributed by atoms with van der Waals surface area (Å²) in [5, 5.41) is 0. The van der Waals surface area contributed by atoms with Gasteiger partial charge >= 0.3 is 5.76 Å². The molecule has 3 N–H and O–H groups in total. The monoisotopic (exact) mass is 188 g/mol. The normalized spacial score (nSPS) is 9.79. The molecule has 0 fully saturated rings. The molecule has 14 heavy (non-hydrogen) atoms. The minimum absolute atomic E-state index is 0.315. The molecule has 0 bridgehead atoms. The highest BCUT2D eigenvalue weighted by Gasteiger charge is 1.99. The van der Waals surface area contributed by atoms with E-state index in [1.807, 2.05) is 0 Å². The first kappa shape index (κ1) is 8.60. The second-order valence-electron chi connectivity index (χ2n) is 2.73. The van der Waals surface area contributed by atoms with Crippen molar-refractivity contribution in [2.24, 2.45) is 5.73 Å². The molecular formula is C10H8N2O2. The van der Waals surface area contributed by atoms with Gasteiger partial charge in [-0.2, -0.15) is 0 Å². The highest BCUT2D eigenvalue weighted by atomic mass is 16.4. The van der Waals surface area contributed by atoms with Gasteiger partial charge in [-0.05, 0) is 18.2 Å². The standard InChI is InChI=1S/C10H8N2O2/c11-5-1-2-7-3-4-8-9(6-7)14-10(13)12-8/h3-4,6H,5,11H2,(H,12,13). The number of hydrogen-bond acceptors (Lipinski definition) is 3. The highest BCUT2D eigenvalue weighted by molar-refractivity contribution is 5.73. The Morgan fingerprint density at radius 1 is 1.50 bits per heavy atom. The van der Waals surface area contributed by atoms with Crippen LogP contribution in [0.1, 0.15) is 5.56 Å². The first-order chi connectivity index (χ1) is 6.79. The predicted molar refractivity (Wildman–Crippen MR) is 52.8 cm³/mol. The maximum Gasteiger partial charge on any atom is 0.417 e. The Bertz CT molecular complexity index is 569. The third-order valence-corrected chi connectivity index (χ3v) is 1.76. The fraction of sp³-hybridized carbons (Fsp3) is 0.100. The lowest BCUT2D eigenvalue weighted by atomic mass is 10.2. The number of nitrogens with two attached hydrogens (primary N) is 1. The summed E-state index contributed by atoms with van der Waals surface area (Å²) < 4.78 is 4.88. The molecule has 0 atom stereocenters. The molecule has 2 rings (SSSR count). The third kappa shape index (κ3) is 1.53. The van der Waals surface area contributed by atoms with Crippen molar-refractivity contribution in [3.05, 3.63) is 34.3 Å². The van der Waals surface area contributed by atoms with Crippen molar-refractivity contribution in [2.75, 3.05) is 6.54 Å². The summed E-state index contributed by atoms with van der Waals surface area (Å²) >= 11 is 0. The number of fused-ring (bicyclic) bond motifs is 1. The number of benzene rings is 1. The Morgan fingerprint density at radius 3 is 3.14 bits per heavy atom. The van der Waals surface area contributed by atoms with Gasteiger partial charge in [0.05, 0.1) is 12.1 Å². The minimum Gasteiger partial charge on any atom is -0.408 e. The Morgan fingerprint density at radius 2 is 2.36 bits per heavy atom. The van der Waals surface area contributed by atoms with E-state index in [4.69, 9.17) is 10.2 Å². The molecule has 0 spiro atoms. The van der Waals surface area contributed by atoms with Crippen LogP contribution >= 0.6 is 0 Å². The fourth-order valence-electron chi connectivity index (χ4n) is 1.18. The van der Waals surface area contributed by atoms with E-state index in [-0.39, 0.29) is 0 Å². The van der Waals surface area contributed by atoms with E-state index < -0.39 is 5.76 Å². The van der Waals surface area contributed by atoms with Crippen molar-refractivity contribution in [1.29, 1.82) is 0 Å². The molecule has 2 aromatic rings. The largest absolute Gasteiger partial charge is 0.417 e. The third-order valence-electron chi connectivity index (χ3n) is 1.76. The van der Waals surface area contributed by atoms with Crippen molar-refractivity contribution in [3.8, 4) is 11.8 Å². The van der Waals surface area contributed by atoms with Crippen LogP contribution in [-0.4, -0.2) is 11.5 Å². The van der Waals surface area contributed by atoms with Gasteiger partial charge in [-0.15, -0.1) is 0 Å². The van der Waals surface area contributed by atoms with E-state index in [1.54, 1.807) is 18.2 Å². The van der Waals surface area contributed by atoms with E-state index in [0.29, 0.717) is 17.6 Å². The van der Waals surface area contributed by atoms with Crippen LogP contribution in [0.2, 0.25) is 0 Å². The topological polar surface area (TPSA) is 72.0 Å². The first-order valence-corrected chi connectivity index (χ1v) is 4.11. The summed E-state index contributed by atoms with van der Waals surface area (Å²) in [6.45, 7) is 0.315. The summed E-state index contributed by atoms with van der Waals surface area (Å²) in [5.74, 6) is 5.12. The van der Waals surface area contributed by atoms with E-state index in [1.165, 1.54) is 0 Å². The smallest absolute Gasteiger partial charge is 0.408 e. The second kappa shape index (κ2) is 3.40. The summed E-state index contributed by atoms with van der Waals surface area (Å²) in [5.41, 5.74) is 7.21. The maximum atomic E-state index is 10.8. The molecule has 0 aliphatic heterocycles. The van der Waals surface area contributed by atoms with Gasteiger partial charge in [0.2, 0.25) is 0 Å². The molecule has 1 aromatic heterocycles. The van der Waals surface area contributed by atoms with Crippen LogP contribution in [0.5, 0.6) is 0 Å². The van der Waals surface area contributed by atoms with Gasteiger partial charge in [-0.3, -0.25) is 4.98 Å². The van der Waals surface area contributed by atoms with Crippen LogP contribution in [-0.2, 0) is 0 Å². The van der Waals surface area contributed by atoms with Gasteiger partial charge in [0.15, 0.2) is 5.58 Å². The molecule has 1 aromatic carbocycles. The van der Waals surface area contributed by atoms with Gasteiger partial charge in [0.25, 0.3) is 0 Å². The lowest BCUT2D eigenvalue weighted by Crippen LogP contribution is -1.92. The van der Waals surface area contributed by atoms with Crippen LogP contribution in [0.4, 0.5) is 0 Å². The zero-order valence-corrected chi connectivity index (χ0v) is 7.33. The number of rotatable bonds is 0. The van der Waals surface area contributed by atoms with Gasteiger partial charge in [-0.25, -0.2) is 4.79 Å². The van der Waals surface area contributed by atoms with Crippen LogP contribution in [0, 0.1) is 11.8 Å². The van der Waals surface area contributed by atoms with E-state index in [2.05, 4.69) is 16.8 Å². The van der Waals surface area contributed by atoms with Gasteiger partial charge in [0.1, 0.15) is 0 Å². The number of H-pyrrole nitrogens is 1. The Labute approximate surface area is 79.7 Å². The van der Waals surface area contributed by atoms with Crippen LogP contribution in [0.15, 0.2) is 27.4 Å². The summed E-state index contributed by atoms with van der Waals surface area (Å²) in [4.78, 5) is 13.4. The second-order valence-corrected chi connectivity index (χ2v) is 2.73. The van der Waals surface area contributed by atoms with Crippen LogP contribution < -0.4 is 11.5 Å². The molecule has 70 valence electrons. The van der Waals surface area contributed by atoms with Crippen molar-refractivity contribution in [3.63, 3.8) is 0 Å². The van der Waals surface area contributed by atoms with Crippen LogP contribution in [0.3, 0.4) is 0 Å². The van der Waals surface area contributed by atoms with Crippen molar-refractivity contribution >= 4 is 11.1 Å². The van der Waals surface area contributed by atoms with E-state index >= 15 is 0 Å². The molecule has 4 nitrogen and oxygen atoms in total. The van der Waals surface area contributed by atoms with Gasteiger partial charge < -0.3 is 10.2 Å². The lowest BCUT2D eigenvalue weighted by Gasteiger charge is -1.88. The molecule has 0 amide bonds. The summed E-state index contributed by atoms with van der Waals surface area (Å²) in [6, 6.07) is 5.26. The molecule has 0 saturated carbocycles. The molecule has 4 heteroatoms. The fourth-order valence-corrected chi connectivity index (χ4v) is 1.18. The zero-order valence-electron chi connectivity index (χ0n) is 7.33. The molecule has 0 unspecified atom stereocenters. The molecule has 0 radical (unpaired) electrons. The molecular weight excluding hydrogens is 180 g/mol. The summed E-state index contributed by atoms with van der Waals surface area (Å²) in [7, 11) is 0. The Hall–Kier alpha value is -1.99. The summed E-state index contributed by atoms with van der Waals surface area (Å²) in [6.07, 6.45) is 0. The highest BCUT2D eigenvalue weighted by Crippen LogP contribution is 2.11. The number of oxazole rings is 1. The van der Waals surface area contributed by atoms with Crippen molar-refractivity contribution < 1.29 is 4.42 Å². The van der Waals surface area contributed by atoms with Crippen molar-refractivity contribution in [1.82, 2.24) is 4.98 Å². The lowest BCUT2D eigenvalue weighted by molar-refractivity contribution is 0.555. The minimum atomic E-state index is -0.455. The quantitative estimate of drug-likeness (QED) is 0.589. The molecule has 0 aliphatic carbocycles. The number of hydrogen-bond donors (Lipinski definition) is 2.